The number of thiophene rings is 1. The van der Waals surface area contributed by atoms with E-state index in [9.17, 15) is 0 Å². The molecule has 0 spiro atoms. The number of furan rings is 1. The molecule has 0 fully saturated rings. The van der Waals surface area contributed by atoms with Crippen LogP contribution in [0.3, 0.4) is 0 Å². The predicted molar refractivity (Wildman–Crippen MR) is 85.3 cm³/mol. The van der Waals surface area contributed by atoms with E-state index in [4.69, 9.17) is 4.42 Å². The highest BCUT2D eigenvalue weighted by molar-refractivity contribution is 7.22. The number of fused-ring (bicyclic) bond motifs is 1. The van der Waals surface area contributed by atoms with Crippen LogP contribution in [0.4, 0.5) is 0 Å². The van der Waals surface area contributed by atoms with Gasteiger partial charge in [-0.2, -0.15) is 0 Å². The topological polar surface area (TPSA) is 38.9 Å². The summed E-state index contributed by atoms with van der Waals surface area (Å²) in [5.41, 5.74) is 3.43. The Hall–Kier alpha value is -2.46. The molecule has 0 saturated carbocycles. The summed E-state index contributed by atoms with van der Waals surface area (Å²) in [4.78, 5) is 11.1. The van der Waals surface area contributed by atoms with Crippen LogP contribution in [0.25, 0.3) is 31.8 Å². The Labute approximate surface area is 125 Å². The summed E-state index contributed by atoms with van der Waals surface area (Å²) in [5.74, 6) is 0.794. The molecule has 4 heteroatoms. The van der Waals surface area contributed by atoms with Crippen LogP contribution in [0.1, 0.15) is 5.82 Å². The van der Waals surface area contributed by atoms with Crippen LogP contribution in [0.2, 0.25) is 0 Å². The lowest BCUT2D eigenvalue weighted by molar-refractivity contribution is 0.568. The van der Waals surface area contributed by atoms with Gasteiger partial charge < -0.3 is 4.42 Å². The normalized spacial score (nSPS) is 11.1. The van der Waals surface area contributed by atoms with Gasteiger partial charge in [0.25, 0.3) is 0 Å². The van der Waals surface area contributed by atoms with Crippen molar-refractivity contribution >= 4 is 21.6 Å². The average Bonchev–Trinajstić information content (AvgIpc) is 3.14. The van der Waals surface area contributed by atoms with E-state index in [-0.39, 0.29) is 0 Å². The van der Waals surface area contributed by atoms with Gasteiger partial charge >= 0.3 is 0 Å². The Morgan fingerprint density at radius 1 is 1.05 bits per heavy atom. The molecular weight excluding hydrogens is 280 g/mol. The summed E-state index contributed by atoms with van der Waals surface area (Å²) in [6.45, 7) is 1.92. The summed E-state index contributed by atoms with van der Waals surface area (Å²) < 4.78 is 5.25. The van der Waals surface area contributed by atoms with Crippen LogP contribution >= 0.6 is 11.3 Å². The van der Waals surface area contributed by atoms with Crippen molar-refractivity contribution in [2.24, 2.45) is 0 Å². The minimum Gasteiger partial charge on any atom is -0.472 e. The predicted octanol–water partition coefficient (Wildman–Crippen LogP) is 4.93. The summed E-state index contributed by atoms with van der Waals surface area (Å²) in [6, 6.07) is 12.3. The SMILES string of the molecule is Cc1ncc2c(-c3ccccc3)c(-c3ccoc3)sc2n1. The molecule has 3 nitrogen and oxygen atoms in total. The summed E-state index contributed by atoms with van der Waals surface area (Å²) in [5, 5.41) is 1.09. The van der Waals surface area contributed by atoms with Crippen molar-refractivity contribution in [3.63, 3.8) is 0 Å². The zero-order valence-electron chi connectivity index (χ0n) is 11.4. The number of benzene rings is 1. The lowest BCUT2D eigenvalue weighted by Gasteiger charge is -2.03. The van der Waals surface area contributed by atoms with Gasteiger partial charge in [0.2, 0.25) is 0 Å². The molecule has 0 amide bonds. The zero-order valence-corrected chi connectivity index (χ0v) is 12.2. The van der Waals surface area contributed by atoms with Crippen molar-refractivity contribution in [2.45, 2.75) is 6.92 Å². The smallest absolute Gasteiger partial charge is 0.128 e. The number of aryl methyl sites for hydroxylation is 1. The number of rotatable bonds is 2. The second-order valence-electron chi connectivity index (χ2n) is 4.82. The summed E-state index contributed by atoms with van der Waals surface area (Å²) in [6.07, 6.45) is 5.39. The molecule has 0 aliphatic heterocycles. The van der Waals surface area contributed by atoms with Gasteiger partial charge in [-0.15, -0.1) is 11.3 Å². The van der Waals surface area contributed by atoms with Crippen LogP contribution in [0.5, 0.6) is 0 Å². The molecule has 0 aliphatic rings. The molecule has 0 aliphatic carbocycles. The highest BCUT2D eigenvalue weighted by atomic mass is 32.1. The number of hydrogen-bond donors (Lipinski definition) is 0. The standard InChI is InChI=1S/C17H12N2OS/c1-11-18-9-14-15(12-5-3-2-4-6-12)16(21-17(14)19-11)13-7-8-20-10-13/h2-10H,1H3. The Kier molecular flexibility index (Phi) is 2.82. The van der Waals surface area contributed by atoms with E-state index < -0.39 is 0 Å². The Bertz CT molecular complexity index is 895. The number of nitrogens with zero attached hydrogens (tertiary/aromatic N) is 2. The number of hydrogen-bond acceptors (Lipinski definition) is 4. The van der Waals surface area contributed by atoms with Crippen molar-refractivity contribution < 1.29 is 4.42 Å². The van der Waals surface area contributed by atoms with E-state index in [1.54, 1.807) is 23.9 Å². The van der Waals surface area contributed by atoms with Crippen molar-refractivity contribution in [2.75, 3.05) is 0 Å². The molecular formula is C17H12N2OS. The highest BCUT2D eigenvalue weighted by Gasteiger charge is 2.17. The zero-order chi connectivity index (χ0) is 14.2. The third-order valence-electron chi connectivity index (χ3n) is 3.42. The first kappa shape index (κ1) is 12.3. The van der Waals surface area contributed by atoms with Gasteiger partial charge in [-0.25, -0.2) is 9.97 Å². The molecule has 4 aromatic rings. The molecule has 3 heterocycles. The van der Waals surface area contributed by atoms with Gasteiger partial charge in [-0.3, -0.25) is 0 Å². The third-order valence-corrected chi connectivity index (χ3v) is 4.56. The summed E-state index contributed by atoms with van der Waals surface area (Å²) in [7, 11) is 0. The maximum Gasteiger partial charge on any atom is 0.128 e. The van der Waals surface area contributed by atoms with Crippen LogP contribution in [-0.2, 0) is 0 Å². The van der Waals surface area contributed by atoms with Crippen LogP contribution in [0.15, 0.2) is 59.5 Å². The van der Waals surface area contributed by atoms with E-state index in [0.29, 0.717) is 0 Å². The fourth-order valence-corrected chi connectivity index (χ4v) is 3.66. The van der Waals surface area contributed by atoms with E-state index in [1.165, 1.54) is 16.0 Å². The molecule has 4 rings (SSSR count). The van der Waals surface area contributed by atoms with E-state index in [2.05, 4.69) is 22.1 Å². The monoisotopic (exact) mass is 292 g/mol. The molecule has 1 aromatic carbocycles. The Morgan fingerprint density at radius 2 is 1.90 bits per heavy atom. The van der Waals surface area contributed by atoms with Crippen molar-refractivity contribution in [3.05, 3.63) is 60.9 Å². The van der Waals surface area contributed by atoms with Gasteiger partial charge in [-0.1, -0.05) is 30.3 Å². The van der Waals surface area contributed by atoms with Crippen LogP contribution < -0.4 is 0 Å². The second kappa shape index (κ2) is 4.82. The van der Waals surface area contributed by atoms with Crippen molar-refractivity contribution in [1.82, 2.24) is 9.97 Å². The van der Waals surface area contributed by atoms with Crippen LogP contribution in [0, 0.1) is 6.92 Å². The van der Waals surface area contributed by atoms with Crippen molar-refractivity contribution in [3.8, 4) is 21.6 Å². The largest absolute Gasteiger partial charge is 0.472 e. The molecule has 3 aromatic heterocycles. The Balaban J connectivity index is 2.08. The van der Waals surface area contributed by atoms with Gasteiger partial charge in [0.1, 0.15) is 10.7 Å². The quantitative estimate of drug-likeness (QED) is 0.526. The molecule has 21 heavy (non-hydrogen) atoms. The third kappa shape index (κ3) is 2.04. The number of aromatic nitrogens is 2. The molecule has 0 saturated heterocycles. The van der Waals surface area contributed by atoms with Gasteiger partial charge in [0.15, 0.2) is 0 Å². The minimum absolute atomic E-state index is 0.794. The van der Waals surface area contributed by atoms with Gasteiger partial charge in [0, 0.05) is 27.6 Å². The van der Waals surface area contributed by atoms with Crippen LogP contribution in [-0.4, -0.2) is 9.97 Å². The molecule has 102 valence electrons. The summed E-state index contributed by atoms with van der Waals surface area (Å²) >= 11 is 1.68. The highest BCUT2D eigenvalue weighted by Crippen LogP contribution is 2.43. The lowest BCUT2D eigenvalue weighted by atomic mass is 10.0. The lowest BCUT2D eigenvalue weighted by Crippen LogP contribution is -1.85. The first-order chi connectivity index (χ1) is 10.3. The van der Waals surface area contributed by atoms with Gasteiger partial charge in [-0.05, 0) is 18.6 Å². The fraction of sp³-hybridized carbons (Fsp3) is 0.0588. The molecule has 0 unspecified atom stereocenters. The second-order valence-corrected chi connectivity index (χ2v) is 5.82. The first-order valence-electron chi connectivity index (χ1n) is 6.67. The minimum atomic E-state index is 0.794. The molecule has 0 radical (unpaired) electrons. The fourth-order valence-electron chi connectivity index (χ4n) is 2.46. The van der Waals surface area contributed by atoms with E-state index in [0.717, 1.165) is 21.6 Å². The maximum atomic E-state index is 5.25. The maximum absolute atomic E-state index is 5.25. The van der Waals surface area contributed by atoms with E-state index in [1.807, 2.05) is 37.4 Å². The first-order valence-corrected chi connectivity index (χ1v) is 7.49. The molecule has 0 atom stereocenters. The molecule has 0 bridgehead atoms. The van der Waals surface area contributed by atoms with Crippen molar-refractivity contribution in [1.29, 1.82) is 0 Å². The molecule has 0 N–H and O–H groups in total. The average molecular weight is 292 g/mol. The van der Waals surface area contributed by atoms with E-state index >= 15 is 0 Å². The van der Waals surface area contributed by atoms with Gasteiger partial charge in [0.05, 0.1) is 12.5 Å². The Morgan fingerprint density at radius 3 is 2.67 bits per heavy atom.